The predicted molar refractivity (Wildman–Crippen MR) is 229 cm³/mol. The van der Waals surface area contributed by atoms with Crippen LogP contribution in [0.5, 0.6) is 0 Å². The maximum Gasteiger partial charge on any atom is 0.246 e. The SMILES string of the molecule is CC(C)C(Nc1ncc[nH]1)C(=O)N1CCCC1c1ncc(-c2ccc3cc(C4=Cc5nc(C6CCCN6C(=O)C(Nc6nccs6)C(C)C)[nH]c5CC4)ccc3c2)[nH]1. The summed E-state index contributed by atoms with van der Waals surface area (Å²) in [4.78, 5) is 60.6. The number of allylic oxidation sites excluding steroid dienone is 1. The average Bonchev–Trinajstić information content (AvgIpc) is 4.08. The van der Waals surface area contributed by atoms with Gasteiger partial charge in [-0.25, -0.2) is 19.9 Å². The van der Waals surface area contributed by atoms with Crippen LogP contribution in [0.15, 0.2) is 66.6 Å². The predicted octanol–water partition coefficient (Wildman–Crippen LogP) is 8.22. The summed E-state index contributed by atoms with van der Waals surface area (Å²) in [6.45, 7) is 9.69. The first-order valence-electron chi connectivity index (χ1n) is 20.6. The number of H-pyrrole nitrogens is 3. The number of aryl methyl sites for hydroxylation is 1. The lowest BCUT2D eigenvalue weighted by Crippen LogP contribution is -2.45. The third-order valence-corrected chi connectivity index (χ3v) is 12.7. The number of hydrogen-bond acceptors (Lipinski definition) is 9. The number of imidazole rings is 3. The number of aromatic amines is 3. The largest absolute Gasteiger partial charge is 0.350 e. The monoisotopic (exact) mass is 797 g/mol. The van der Waals surface area contributed by atoms with Crippen LogP contribution >= 0.6 is 11.3 Å². The Bertz CT molecular complexity index is 2430. The van der Waals surface area contributed by atoms with E-state index in [1.54, 1.807) is 18.6 Å². The number of hydrogen-bond donors (Lipinski definition) is 5. The number of anilines is 2. The molecule has 4 unspecified atom stereocenters. The first kappa shape index (κ1) is 37.8. The molecular formula is C44H51N11O2S. The van der Waals surface area contributed by atoms with Crippen molar-refractivity contribution in [2.24, 2.45) is 11.8 Å². The Morgan fingerprint density at radius 2 is 1.48 bits per heavy atom. The lowest BCUT2D eigenvalue weighted by atomic mass is 9.92. The van der Waals surface area contributed by atoms with Crippen LogP contribution in [0.25, 0.3) is 33.7 Å². The Kier molecular flexibility index (Phi) is 10.3. The molecule has 2 saturated heterocycles. The summed E-state index contributed by atoms with van der Waals surface area (Å²) in [5.41, 5.74) is 6.55. The van der Waals surface area contributed by atoms with Crippen LogP contribution in [-0.4, -0.2) is 81.7 Å². The van der Waals surface area contributed by atoms with Gasteiger partial charge >= 0.3 is 0 Å². The molecule has 0 radical (unpaired) electrons. The van der Waals surface area contributed by atoms with Gasteiger partial charge in [-0.2, -0.15) is 0 Å². The third kappa shape index (κ3) is 7.41. The molecule has 2 aromatic carbocycles. The van der Waals surface area contributed by atoms with Gasteiger partial charge in [0.15, 0.2) is 5.13 Å². The molecule has 9 rings (SSSR count). The quantitative estimate of drug-likeness (QED) is 0.0827. The number of likely N-dealkylation sites (tertiary alicyclic amines) is 2. The van der Waals surface area contributed by atoms with Crippen LogP contribution in [0.3, 0.4) is 0 Å². The summed E-state index contributed by atoms with van der Waals surface area (Å²) < 4.78 is 0. The molecule has 6 aromatic rings. The first-order chi connectivity index (χ1) is 28.2. The van der Waals surface area contributed by atoms with Gasteiger partial charge in [0.2, 0.25) is 17.8 Å². The van der Waals surface area contributed by atoms with Crippen molar-refractivity contribution in [2.45, 2.75) is 90.4 Å². The number of fused-ring (bicyclic) bond motifs is 2. The second-order valence-corrected chi connectivity index (χ2v) is 17.4. The standard InChI is InChI=1S/C44H51N11O2S/c1-25(2)37(52-43-45-15-16-46-43)41(56)54-18-5-7-35(54)39-48-24-34(51-39)31-12-11-27-21-28(9-10-29(27)22-31)30-13-14-32-33(23-30)50-40(49-32)36-8-6-19-55(36)42(57)38(26(3)4)53-44-47-17-20-58-44/h9-12,15-17,20-26,35-38H,5-8,13-14,18-19H2,1-4H3,(H,47,53)(H,48,51)(H,49,50)(H2,45,46,52). The topological polar surface area (TPSA) is 164 Å². The van der Waals surface area contributed by atoms with E-state index in [2.05, 4.69) is 106 Å². The van der Waals surface area contributed by atoms with Gasteiger partial charge < -0.3 is 35.4 Å². The molecule has 5 N–H and O–H groups in total. The third-order valence-electron chi connectivity index (χ3n) is 12.0. The van der Waals surface area contributed by atoms with Crippen molar-refractivity contribution < 1.29 is 9.59 Å². The first-order valence-corrected chi connectivity index (χ1v) is 21.5. The van der Waals surface area contributed by atoms with E-state index in [-0.39, 0.29) is 41.8 Å². The van der Waals surface area contributed by atoms with Crippen molar-refractivity contribution in [3.8, 4) is 11.3 Å². The number of rotatable bonds is 12. The molecule has 0 spiro atoms. The van der Waals surface area contributed by atoms with Crippen molar-refractivity contribution in [1.29, 1.82) is 0 Å². The molecular weight excluding hydrogens is 747 g/mol. The molecule has 3 aliphatic rings. The normalized spacial score (nSPS) is 19.2. The van der Waals surface area contributed by atoms with Crippen LogP contribution < -0.4 is 10.6 Å². The second kappa shape index (κ2) is 15.9. The number of carbonyl (C=O) groups is 2. The second-order valence-electron chi connectivity index (χ2n) is 16.5. The summed E-state index contributed by atoms with van der Waals surface area (Å²) >= 11 is 1.51. The maximum absolute atomic E-state index is 13.9. The highest BCUT2D eigenvalue weighted by Gasteiger charge is 2.39. The smallest absolute Gasteiger partial charge is 0.246 e. The zero-order chi connectivity index (χ0) is 39.9. The molecule has 0 saturated carbocycles. The molecule has 2 fully saturated rings. The fourth-order valence-electron chi connectivity index (χ4n) is 8.84. The van der Waals surface area contributed by atoms with E-state index in [1.807, 2.05) is 21.4 Å². The van der Waals surface area contributed by atoms with Crippen molar-refractivity contribution in [1.82, 2.24) is 44.7 Å². The number of nitrogens with zero attached hydrogens (tertiary/aromatic N) is 6. The van der Waals surface area contributed by atoms with E-state index < -0.39 is 6.04 Å². The molecule has 4 atom stereocenters. The lowest BCUT2D eigenvalue weighted by molar-refractivity contribution is -0.134. The van der Waals surface area contributed by atoms with E-state index in [0.29, 0.717) is 12.5 Å². The zero-order valence-corrected chi connectivity index (χ0v) is 34.3. The fourth-order valence-corrected chi connectivity index (χ4v) is 9.40. The Labute approximate surface area is 342 Å². The summed E-state index contributed by atoms with van der Waals surface area (Å²) in [5, 5.41) is 11.7. The average molecular weight is 798 g/mol. The Hall–Kier alpha value is -5.76. The summed E-state index contributed by atoms with van der Waals surface area (Å²) in [5.74, 6) is 2.67. The van der Waals surface area contributed by atoms with Crippen molar-refractivity contribution in [2.75, 3.05) is 23.7 Å². The Morgan fingerprint density at radius 1 is 0.793 bits per heavy atom. The van der Waals surface area contributed by atoms with Crippen LogP contribution in [0.2, 0.25) is 0 Å². The molecule has 14 heteroatoms. The highest BCUT2D eigenvalue weighted by molar-refractivity contribution is 7.13. The lowest BCUT2D eigenvalue weighted by Gasteiger charge is -2.30. The summed E-state index contributed by atoms with van der Waals surface area (Å²) in [6, 6.07) is 12.3. The van der Waals surface area contributed by atoms with Gasteiger partial charge in [-0.05, 0) is 90.5 Å². The molecule has 2 aliphatic heterocycles. The highest BCUT2D eigenvalue weighted by atomic mass is 32.1. The van der Waals surface area contributed by atoms with E-state index >= 15 is 0 Å². The van der Waals surface area contributed by atoms with Crippen LogP contribution in [0.4, 0.5) is 11.1 Å². The molecule has 58 heavy (non-hydrogen) atoms. The minimum atomic E-state index is -0.393. The fraction of sp³-hybridized carbons (Fsp3) is 0.409. The minimum Gasteiger partial charge on any atom is -0.350 e. The molecule has 6 heterocycles. The molecule has 1 aliphatic carbocycles. The molecule has 2 amide bonds. The maximum atomic E-state index is 13.9. The van der Waals surface area contributed by atoms with Crippen molar-refractivity contribution >= 4 is 56.7 Å². The van der Waals surface area contributed by atoms with E-state index in [9.17, 15) is 9.59 Å². The van der Waals surface area contributed by atoms with E-state index in [0.717, 1.165) is 95.3 Å². The number of thiazole rings is 1. The van der Waals surface area contributed by atoms with E-state index in [1.165, 1.54) is 22.5 Å². The molecule has 4 aromatic heterocycles. The van der Waals surface area contributed by atoms with Crippen molar-refractivity contribution in [3.05, 3.63) is 95.2 Å². The van der Waals surface area contributed by atoms with E-state index in [4.69, 9.17) is 9.97 Å². The number of nitrogens with one attached hydrogen (secondary N) is 5. The van der Waals surface area contributed by atoms with Gasteiger partial charge in [0.25, 0.3) is 0 Å². The van der Waals surface area contributed by atoms with Gasteiger partial charge in [-0.15, -0.1) is 11.3 Å². The van der Waals surface area contributed by atoms with Crippen LogP contribution in [0.1, 0.15) is 100 Å². The summed E-state index contributed by atoms with van der Waals surface area (Å²) in [6.07, 6.45) is 14.7. The summed E-state index contributed by atoms with van der Waals surface area (Å²) in [7, 11) is 0. The number of benzene rings is 2. The number of aromatic nitrogens is 7. The zero-order valence-electron chi connectivity index (χ0n) is 33.5. The Balaban J connectivity index is 0.893. The molecule has 300 valence electrons. The van der Waals surface area contributed by atoms with Crippen molar-refractivity contribution in [3.63, 3.8) is 0 Å². The van der Waals surface area contributed by atoms with Gasteiger partial charge in [0, 0.05) is 48.3 Å². The minimum absolute atomic E-state index is 0.0639. The van der Waals surface area contributed by atoms with Crippen LogP contribution in [0, 0.1) is 11.8 Å². The number of amides is 2. The van der Waals surface area contributed by atoms with Crippen LogP contribution in [-0.2, 0) is 16.0 Å². The molecule has 0 bridgehead atoms. The van der Waals surface area contributed by atoms with Gasteiger partial charge in [0.05, 0.1) is 29.7 Å². The number of carbonyl (C=O) groups excluding carboxylic acids is 2. The van der Waals surface area contributed by atoms with Gasteiger partial charge in [-0.3, -0.25) is 9.59 Å². The molecule has 13 nitrogen and oxygen atoms in total. The Morgan fingerprint density at radius 3 is 2.16 bits per heavy atom. The highest BCUT2D eigenvalue weighted by Crippen LogP contribution is 2.37. The van der Waals surface area contributed by atoms with Gasteiger partial charge in [0.1, 0.15) is 23.7 Å². The van der Waals surface area contributed by atoms with Gasteiger partial charge in [-0.1, -0.05) is 52.0 Å².